The highest BCUT2D eigenvalue weighted by Crippen LogP contribution is 2.34. The number of aryl methyl sites for hydroxylation is 1. The number of carboxylic acids is 1. The fourth-order valence-electron chi connectivity index (χ4n) is 2.49. The highest BCUT2D eigenvalue weighted by Gasteiger charge is 2.32. The molecule has 86 valence electrons. The summed E-state index contributed by atoms with van der Waals surface area (Å²) in [6.07, 6.45) is 2.72. The van der Waals surface area contributed by atoms with Crippen molar-refractivity contribution in [3.8, 4) is 0 Å². The van der Waals surface area contributed by atoms with Crippen molar-refractivity contribution in [1.29, 1.82) is 0 Å². The van der Waals surface area contributed by atoms with Crippen LogP contribution in [-0.2, 0) is 17.6 Å². The Morgan fingerprint density at radius 1 is 1.56 bits per heavy atom. The maximum Gasteiger partial charge on any atom is 0.326 e. The van der Waals surface area contributed by atoms with E-state index in [2.05, 4.69) is 13.0 Å². The summed E-state index contributed by atoms with van der Waals surface area (Å²) in [5.41, 5.74) is 3.57. The van der Waals surface area contributed by atoms with Crippen LogP contribution in [0.2, 0.25) is 0 Å². The van der Waals surface area contributed by atoms with Gasteiger partial charge < -0.3 is 10.0 Å². The molecule has 1 heterocycles. The first-order valence-corrected chi connectivity index (χ1v) is 5.71. The Morgan fingerprint density at radius 3 is 2.94 bits per heavy atom. The third kappa shape index (κ3) is 1.66. The van der Waals surface area contributed by atoms with Crippen LogP contribution in [0.15, 0.2) is 18.2 Å². The molecule has 1 aromatic rings. The molecular formula is C13H17NO2. The Morgan fingerprint density at radius 2 is 2.31 bits per heavy atom. The van der Waals surface area contributed by atoms with Crippen molar-refractivity contribution >= 4 is 11.7 Å². The molecule has 2 rings (SSSR count). The summed E-state index contributed by atoms with van der Waals surface area (Å²) in [7, 11) is 1.88. The van der Waals surface area contributed by atoms with Gasteiger partial charge in [-0.2, -0.15) is 0 Å². The third-order valence-corrected chi connectivity index (χ3v) is 3.24. The van der Waals surface area contributed by atoms with Gasteiger partial charge in [-0.3, -0.25) is 0 Å². The van der Waals surface area contributed by atoms with Crippen molar-refractivity contribution in [2.75, 3.05) is 11.9 Å². The van der Waals surface area contributed by atoms with Crippen LogP contribution in [-0.4, -0.2) is 24.2 Å². The second-order valence-electron chi connectivity index (χ2n) is 4.34. The topological polar surface area (TPSA) is 40.5 Å². The quantitative estimate of drug-likeness (QED) is 0.846. The van der Waals surface area contributed by atoms with Gasteiger partial charge in [-0.25, -0.2) is 4.79 Å². The Kier molecular flexibility index (Phi) is 2.86. The van der Waals surface area contributed by atoms with Crippen molar-refractivity contribution in [3.05, 3.63) is 29.3 Å². The van der Waals surface area contributed by atoms with Crippen LogP contribution in [0.3, 0.4) is 0 Å². The molecule has 0 aromatic heterocycles. The maximum atomic E-state index is 11.1. The van der Waals surface area contributed by atoms with E-state index in [4.69, 9.17) is 5.11 Å². The third-order valence-electron chi connectivity index (χ3n) is 3.24. The summed E-state index contributed by atoms with van der Waals surface area (Å²) < 4.78 is 0. The molecule has 0 spiro atoms. The minimum Gasteiger partial charge on any atom is -0.480 e. The van der Waals surface area contributed by atoms with Crippen molar-refractivity contribution in [2.24, 2.45) is 0 Å². The first kappa shape index (κ1) is 11.0. The number of nitrogens with zero attached hydrogens (tertiary/aromatic N) is 1. The van der Waals surface area contributed by atoms with E-state index in [0.29, 0.717) is 6.42 Å². The van der Waals surface area contributed by atoms with Crippen LogP contribution in [0.4, 0.5) is 5.69 Å². The minimum atomic E-state index is -0.735. The molecule has 1 atom stereocenters. The van der Waals surface area contributed by atoms with Gasteiger partial charge in [0, 0.05) is 19.2 Å². The summed E-state index contributed by atoms with van der Waals surface area (Å²) in [4.78, 5) is 13.0. The number of benzene rings is 1. The average molecular weight is 219 g/mol. The zero-order chi connectivity index (χ0) is 11.7. The van der Waals surface area contributed by atoms with E-state index < -0.39 is 12.0 Å². The van der Waals surface area contributed by atoms with Crippen molar-refractivity contribution in [1.82, 2.24) is 0 Å². The van der Waals surface area contributed by atoms with Crippen molar-refractivity contribution in [2.45, 2.75) is 32.2 Å². The lowest BCUT2D eigenvalue weighted by Gasteiger charge is -2.21. The molecular weight excluding hydrogens is 202 g/mol. The SMILES string of the molecule is CCCc1cccc2c1N(C)C(C(=O)O)C2. The molecule has 0 bridgehead atoms. The second kappa shape index (κ2) is 4.16. The number of rotatable bonds is 3. The van der Waals surface area contributed by atoms with Crippen LogP contribution >= 0.6 is 0 Å². The summed E-state index contributed by atoms with van der Waals surface area (Å²) in [6.45, 7) is 2.14. The van der Waals surface area contributed by atoms with E-state index >= 15 is 0 Å². The number of hydrogen-bond donors (Lipinski definition) is 1. The Labute approximate surface area is 95.7 Å². The smallest absolute Gasteiger partial charge is 0.326 e. The average Bonchev–Trinajstić information content (AvgIpc) is 2.58. The normalized spacial score (nSPS) is 18.6. The number of anilines is 1. The van der Waals surface area contributed by atoms with Gasteiger partial charge in [0.05, 0.1) is 0 Å². The molecule has 1 N–H and O–H groups in total. The van der Waals surface area contributed by atoms with Crippen LogP contribution in [0.1, 0.15) is 24.5 Å². The van der Waals surface area contributed by atoms with Gasteiger partial charge in [0.1, 0.15) is 6.04 Å². The lowest BCUT2D eigenvalue weighted by molar-refractivity contribution is -0.138. The van der Waals surface area contributed by atoms with E-state index in [0.717, 1.165) is 18.5 Å². The fourth-order valence-corrected chi connectivity index (χ4v) is 2.49. The van der Waals surface area contributed by atoms with Crippen molar-refractivity contribution in [3.63, 3.8) is 0 Å². The Bertz CT molecular complexity index is 414. The maximum absolute atomic E-state index is 11.1. The zero-order valence-electron chi connectivity index (χ0n) is 9.73. The highest BCUT2D eigenvalue weighted by molar-refractivity contribution is 5.83. The predicted octanol–water partition coefficient (Wildman–Crippen LogP) is 2.08. The van der Waals surface area contributed by atoms with Gasteiger partial charge in [0.25, 0.3) is 0 Å². The number of hydrogen-bond acceptors (Lipinski definition) is 2. The van der Waals surface area contributed by atoms with Gasteiger partial charge in [-0.1, -0.05) is 31.5 Å². The summed E-state index contributed by atoms with van der Waals surface area (Å²) in [6, 6.07) is 5.77. The molecule has 3 heteroatoms. The van der Waals surface area contributed by atoms with E-state index in [1.807, 2.05) is 24.1 Å². The lowest BCUT2D eigenvalue weighted by Crippen LogP contribution is -2.35. The molecule has 0 fully saturated rings. The molecule has 1 aromatic carbocycles. The van der Waals surface area contributed by atoms with E-state index in [1.165, 1.54) is 11.1 Å². The van der Waals surface area contributed by atoms with Crippen LogP contribution in [0.25, 0.3) is 0 Å². The molecule has 3 nitrogen and oxygen atoms in total. The molecule has 0 saturated carbocycles. The summed E-state index contributed by atoms with van der Waals surface area (Å²) >= 11 is 0. The lowest BCUT2D eigenvalue weighted by atomic mass is 10.0. The first-order chi connectivity index (χ1) is 7.65. The predicted molar refractivity (Wildman–Crippen MR) is 64.0 cm³/mol. The molecule has 1 aliphatic heterocycles. The molecule has 0 aliphatic carbocycles. The summed E-state index contributed by atoms with van der Waals surface area (Å²) in [5.74, 6) is -0.735. The van der Waals surface area contributed by atoms with Gasteiger partial charge in [-0.05, 0) is 17.5 Å². The zero-order valence-corrected chi connectivity index (χ0v) is 9.73. The van der Waals surface area contributed by atoms with Crippen molar-refractivity contribution < 1.29 is 9.90 Å². The van der Waals surface area contributed by atoms with Crippen LogP contribution in [0.5, 0.6) is 0 Å². The molecule has 0 amide bonds. The second-order valence-corrected chi connectivity index (χ2v) is 4.34. The Balaban J connectivity index is 2.39. The molecule has 1 aliphatic rings. The number of aliphatic carboxylic acids is 1. The van der Waals surface area contributed by atoms with Crippen LogP contribution < -0.4 is 4.90 Å². The first-order valence-electron chi connectivity index (χ1n) is 5.71. The monoisotopic (exact) mass is 219 g/mol. The molecule has 16 heavy (non-hydrogen) atoms. The van der Waals surface area contributed by atoms with E-state index in [9.17, 15) is 4.79 Å². The van der Waals surface area contributed by atoms with Gasteiger partial charge >= 0.3 is 5.97 Å². The highest BCUT2D eigenvalue weighted by atomic mass is 16.4. The van der Waals surface area contributed by atoms with Crippen LogP contribution in [0, 0.1) is 0 Å². The number of likely N-dealkylation sites (N-methyl/N-ethyl adjacent to an activating group) is 1. The van der Waals surface area contributed by atoms with E-state index in [-0.39, 0.29) is 0 Å². The molecule has 0 saturated heterocycles. The summed E-state index contributed by atoms with van der Waals surface area (Å²) in [5, 5.41) is 9.13. The van der Waals surface area contributed by atoms with Gasteiger partial charge in [0.15, 0.2) is 0 Å². The molecule has 1 unspecified atom stereocenters. The standard InChI is InChI=1S/C13H17NO2/c1-3-5-9-6-4-7-10-8-11(13(15)16)14(2)12(9)10/h4,6-7,11H,3,5,8H2,1-2H3,(H,15,16). The Hall–Kier alpha value is -1.51. The van der Waals surface area contributed by atoms with Gasteiger partial charge in [0.2, 0.25) is 0 Å². The number of carbonyl (C=O) groups is 1. The minimum absolute atomic E-state index is 0.395. The number of carboxylic acid groups (broad SMARTS) is 1. The number of fused-ring (bicyclic) bond motifs is 1. The number of para-hydroxylation sites is 1. The molecule has 0 radical (unpaired) electrons. The van der Waals surface area contributed by atoms with E-state index in [1.54, 1.807) is 0 Å². The van der Waals surface area contributed by atoms with Gasteiger partial charge in [-0.15, -0.1) is 0 Å². The fraction of sp³-hybridized carbons (Fsp3) is 0.462. The largest absolute Gasteiger partial charge is 0.480 e.